The lowest BCUT2D eigenvalue weighted by molar-refractivity contribution is 0.400. The number of nitrogens with one attached hydrogen (secondary N) is 3. The first-order chi connectivity index (χ1) is 9.35. The Kier molecular flexibility index (Phi) is 4.56. The molecule has 114 valence electrons. The van der Waals surface area contributed by atoms with Gasteiger partial charge in [-0.3, -0.25) is 0 Å². The molecule has 0 bridgehead atoms. The number of hydrogen-bond acceptors (Lipinski definition) is 3. The van der Waals surface area contributed by atoms with Gasteiger partial charge in [-0.15, -0.1) is 0 Å². The summed E-state index contributed by atoms with van der Waals surface area (Å²) in [5.74, 6) is 0.460. The fraction of sp³-hybridized carbons (Fsp3) is 0.714. The van der Waals surface area contributed by atoms with Crippen LogP contribution in [0.2, 0.25) is 0 Å². The Morgan fingerprint density at radius 3 is 2.70 bits per heavy atom. The van der Waals surface area contributed by atoms with E-state index in [0.29, 0.717) is 17.4 Å². The molecule has 0 saturated heterocycles. The van der Waals surface area contributed by atoms with E-state index in [2.05, 4.69) is 21.9 Å². The van der Waals surface area contributed by atoms with Gasteiger partial charge in [-0.2, -0.15) is 0 Å². The molecule has 0 aliphatic heterocycles. The highest BCUT2D eigenvalue weighted by molar-refractivity contribution is 7.89. The van der Waals surface area contributed by atoms with Crippen LogP contribution in [0.5, 0.6) is 0 Å². The molecule has 6 heteroatoms. The molecular formula is C14H25N3O2S. The maximum Gasteiger partial charge on any atom is 0.242 e. The molecule has 0 atom stereocenters. The van der Waals surface area contributed by atoms with Crippen molar-refractivity contribution in [3.8, 4) is 0 Å². The van der Waals surface area contributed by atoms with E-state index in [0.717, 1.165) is 31.5 Å². The molecule has 3 N–H and O–H groups in total. The largest absolute Gasteiger partial charge is 0.363 e. The van der Waals surface area contributed by atoms with E-state index in [1.54, 1.807) is 12.3 Å². The van der Waals surface area contributed by atoms with E-state index in [-0.39, 0.29) is 5.54 Å². The van der Waals surface area contributed by atoms with Gasteiger partial charge >= 0.3 is 0 Å². The van der Waals surface area contributed by atoms with Crippen molar-refractivity contribution < 1.29 is 8.42 Å². The lowest BCUT2D eigenvalue weighted by atomic mass is 10.0. The van der Waals surface area contributed by atoms with Crippen molar-refractivity contribution in [1.82, 2.24) is 15.0 Å². The molecule has 0 radical (unpaired) electrons. The molecule has 2 rings (SSSR count). The third kappa shape index (κ3) is 3.84. The van der Waals surface area contributed by atoms with Gasteiger partial charge in [0.1, 0.15) is 0 Å². The van der Waals surface area contributed by atoms with E-state index >= 15 is 0 Å². The Balaban J connectivity index is 2.02. The van der Waals surface area contributed by atoms with Gasteiger partial charge in [-0.1, -0.05) is 6.92 Å². The van der Waals surface area contributed by atoms with E-state index in [4.69, 9.17) is 0 Å². The normalized spacial score (nSPS) is 16.6. The van der Waals surface area contributed by atoms with Gasteiger partial charge in [0, 0.05) is 24.0 Å². The van der Waals surface area contributed by atoms with Crippen LogP contribution in [0.1, 0.15) is 45.7 Å². The predicted molar refractivity (Wildman–Crippen MR) is 79.9 cm³/mol. The topological polar surface area (TPSA) is 74.0 Å². The van der Waals surface area contributed by atoms with Crippen molar-refractivity contribution in [3.63, 3.8) is 0 Å². The zero-order chi connectivity index (χ0) is 14.8. The van der Waals surface area contributed by atoms with Crippen molar-refractivity contribution in [2.24, 2.45) is 5.92 Å². The summed E-state index contributed by atoms with van der Waals surface area (Å²) in [4.78, 5) is 3.34. The monoisotopic (exact) mass is 299 g/mol. The van der Waals surface area contributed by atoms with Crippen molar-refractivity contribution in [2.75, 3.05) is 6.54 Å². The van der Waals surface area contributed by atoms with Gasteiger partial charge in [-0.25, -0.2) is 13.1 Å². The highest BCUT2D eigenvalue weighted by Gasteiger charge is 2.40. The van der Waals surface area contributed by atoms with Crippen LogP contribution in [-0.2, 0) is 16.6 Å². The van der Waals surface area contributed by atoms with Crippen LogP contribution in [0, 0.1) is 5.92 Å². The van der Waals surface area contributed by atoms with Gasteiger partial charge in [0.25, 0.3) is 0 Å². The Morgan fingerprint density at radius 2 is 2.10 bits per heavy atom. The Morgan fingerprint density at radius 1 is 1.40 bits per heavy atom. The average molecular weight is 299 g/mol. The molecule has 0 amide bonds. The summed E-state index contributed by atoms with van der Waals surface area (Å²) in [6.45, 7) is 7.60. The lowest BCUT2D eigenvalue weighted by Gasteiger charge is -2.25. The summed E-state index contributed by atoms with van der Waals surface area (Å²) in [6.07, 6.45) is 4.83. The minimum absolute atomic E-state index is 0.319. The first kappa shape index (κ1) is 15.5. The molecule has 0 unspecified atom stereocenters. The van der Waals surface area contributed by atoms with E-state index in [1.807, 2.05) is 13.8 Å². The molecule has 5 nitrogen and oxygen atoms in total. The summed E-state index contributed by atoms with van der Waals surface area (Å²) in [5.41, 5.74) is 0.527. The third-order valence-electron chi connectivity index (χ3n) is 3.76. The van der Waals surface area contributed by atoms with Gasteiger partial charge < -0.3 is 10.3 Å². The second kappa shape index (κ2) is 5.87. The maximum atomic E-state index is 12.4. The highest BCUT2D eigenvalue weighted by atomic mass is 32.2. The SMILES string of the molecule is CCCNCc1cc(S(=O)(=O)NC(C)(C)C2CC2)c[nH]1. The minimum atomic E-state index is -3.44. The fourth-order valence-electron chi connectivity index (χ4n) is 2.37. The summed E-state index contributed by atoms with van der Waals surface area (Å²) in [6, 6.07) is 1.70. The van der Waals surface area contributed by atoms with Crippen molar-refractivity contribution in [2.45, 2.75) is 57.0 Å². The molecule has 1 heterocycles. The number of aromatic nitrogens is 1. The highest BCUT2D eigenvalue weighted by Crippen LogP contribution is 2.39. The minimum Gasteiger partial charge on any atom is -0.363 e. The van der Waals surface area contributed by atoms with Crippen LogP contribution in [-0.4, -0.2) is 25.5 Å². The van der Waals surface area contributed by atoms with Gasteiger partial charge in [0.2, 0.25) is 10.0 Å². The number of sulfonamides is 1. The Bertz CT molecular complexity index is 545. The van der Waals surface area contributed by atoms with Gasteiger partial charge in [0.05, 0.1) is 4.90 Å². The molecule has 0 aromatic carbocycles. The molecule has 1 aliphatic rings. The van der Waals surface area contributed by atoms with E-state index in [1.165, 1.54) is 0 Å². The molecule has 1 fully saturated rings. The molecule has 0 spiro atoms. The predicted octanol–water partition coefficient (Wildman–Crippen LogP) is 1.98. The van der Waals surface area contributed by atoms with E-state index in [9.17, 15) is 8.42 Å². The smallest absolute Gasteiger partial charge is 0.242 e. The molecule has 1 aromatic rings. The number of rotatable bonds is 8. The van der Waals surface area contributed by atoms with E-state index < -0.39 is 10.0 Å². The first-order valence-corrected chi connectivity index (χ1v) is 8.75. The average Bonchev–Trinajstić information content (AvgIpc) is 3.09. The maximum absolute atomic E-state index is 12.4. The number of H-pyrrole nitrogens is 1. The fourth-order valence-corrected chi connectivity index (χ4v) is 3.86. The summed E-state index contributed by atoms with van der Waals surface area (Å²) in [7, 11) is -3.44. The summed E-state index contributed by atoms with van der Waals surface area (Å²) in [5, 5.41) is 3.25. The van der Waals surface area contributed by atoms with Crippen molar-refractivity contribution in [1.29, 1.82) is 0 Å². The number of hydrogen-bond donors (Lipinski definition) is 3. The molecule has 1 aromatic heterocycles. The molecule has 1 saturated carbocycles. The Labute approximate surface area is 121 Å². The quantitative estimate of drug-likeness (QED) is 0.643. The van der Waals surface area contributed by atoms with Crippen LogP contribution in [0.3, 0.4) is 0 Å². The van der Waals surface area contributed by atoms with Crippen LogP contribution in [0.25, 0.3) is 0 Å². The zero-order valence-electron chi connectivity index (χ0n) is 12.5. The first-order valence-electron chi connectivity index (χ1n) is 7.27. The Hall–Kier alpha value is -0.850. The molecule has 1 aliphatic carbocycles. The standard InChI is InChI=1S/C14H25N3O2S/c1-4-7-15-9-12-8-13(10-16-12)20(18,19)17-14(2,3)11-5-6-11/h8,10-11,15-17H,4-7,9H2,1-3H3. The number of aromatic amines is 1. The van der Waals surface area contributed by atoms with Gasteiger partial charge in [-0.05, 0) is 51.6 Å². The lowest BCUT2D eigenvalue weighted by Crippen LogP contribution is -2.44. The second-order valence-corrected chi connectivity index (χ2v) is 7.82. The van der Waals surface area contributed by atoms with Crippen LogP contribution < -0.4 is 10.0 Å². The van der Waals surface area contributed by atoms with Gasteiger partial charge in [0.15, 0.2) is 0 Å². The van der Waals surface area contributed by atoms with Crippen molar-refractivity contribution >= 4 is 10.0 Å². The van der Waals surface area contributed by atoms with Crippen LogP contribution in [0.4, 0.5) is 0 Å². The molecule has 20 heavy (non-hydrogen) atoms. The molecular weight excluding hydrogens is 274 g/mol. The zero-order valence-corrected chi connectivity index (χ0v) is 13.3. The van der Waals surface area contributed by atoms with Crippen molar-refractivity contribution in [3.05, 3.63) is 18.0 Å². The summed E-state index contributed by atoms with van der Waals surface area (Å²) < 4.78 is 27.6. The van der Waals surface area contributed by atoms with Crippen LogP contribution in [0.15, 0.2) is 17.2 Å². The second-order valence-electron chi connectivity index (χ2n) is 6.14. The summed E-state index contributed by atoms with van der Waals surface area (Å²) >= 11 is 0. The van der Waals surface area contributed by atoms with Crippen LogP contribution >= 0.6 is 0 Å². The third-order valence-corrected chi connectivity index (χ3v) is 5.42.